The summed E-state index contributed by atoms with van der Waals surface area (Å²) in [4.78, 5) is 25.8. The zero-order valence-electron chi connectivity index (χ0n) is 15.6. The number of nitrogens with one attached hydrogen (secondary N) is 1. The van der Waals surface area contributed by atoms with Gasteiger partial charge in [0.2, 0.25) is 0 Å². The van der Waals surface area contributed by atoms with Gasteiger partial charge in [-0.2, -0.15) is 0 Å². The molecule has 1 heterocycles. The molecule has 1 amide bonds. The molecule has 2 aliphatic rings. The average Bonchev–Trinajstić information content (AvgIpc) is 3.05. The standard InChI is InChI=1S/C22H24N2O4/c25-21(26)20(24-12-6-1-7-13-24)23-22(27)28-14-19-17-10-4-2-8-15(17)16-9-3-5-11-18(16)19/h2-5,8-11,19-20H,1,6-7,12-14H2,(H,23,27)(H,25,26)/t20-/m1/s1. The molecule has 0 spiro atoms. The Balaban J connectivity index is 1.44. The van der Waals surface area contributed by atoms with Crippen LogP contribution in [0.1, 0.15) is 36.3 Å². The van der Waals surface area contributed by atoms with Crippen molar-refractivity contribution in [2.24, 2.45) is 0 Å². The van der Waals surface area contributed by atoms with Crippen molar-refractivity contribution < 1.29 is 19.4 Å². The van der Waals surface area contributed by atoms with Crippen molar-refractivity contribution in [2.45, 2.75) is 31.3 Å². The van der Waals surface area contributed by atoms with E-state index in [9.17, 15) is 14.7 Å². The highest BCUT2D eigenvalue weighted by atomic mass is 16.5. The van der Waals surface area contributed by atoms with Gasteiger partial charge in [0.05, 0.1) is 0 Å². The Bertz CT molecular complexity index is 831. The minimum atomic E-state index is -1.06. The quantitative estimate of drug-likeness (QED) is 0.831. The second kappa shape index (κ2) is 8.02. The third kappa shape index (κ3) is 3.60. The van der Waals surface area contributed by atoms with Crippen molar-refractivity contribution >= 4 is 12.1 Å². The highest BCUT2D eigenvalue weighted by molar-refractivity contribution is 5.80. The fourth-order valence-electron chi connectivity index (χ4n) is 4.24. The summed E-state index contributed by atoms with van der Waals surface area (Å²) < 4.78 is 5.47. The average molecular weight is 380 g/mol. The van der Waals surface area contributed by atoms with E-state index >= 15 is 0 Å². The molecule has 0 unspecified atom stereocenters. The number of likely N-dealkylation sites (tertiary alicyclic amines) is 1. The summed E-state index contributed by atoms with van der Waals surface area (Å²) in [6.45, 7) is 1.51. The summed E-state index contributed by atoms with van der Waals surface area (Å²) in [6, 6.07) is 16.2. The number of piperidine rings is 1. The highest BCUT2D eigenvalue weighted by Crippen LogP contribution is 2.44. The minimum absolute atomic E-state index is 0.0450. The maximum absolute atomic E-state index is 12.4. The normalized spacial score (nSPS) is 17.4. The van der Waals surface area contributed by atoms with Gasteiger partial charge in [-0.3, -0.25) is 10.2 Å². The van der Waals surface area contributed by atoms with Crippen LogP contribution in [0.4, 0.5) is 4.79 Å². The first kappa shape index (κ1) is 18.5. The van der Waals surface area contributed by atoms with E-state index in [4.69, 9.17) is 4.74 Å². The second-order valence-corrected chi connectivity index (χ2v) is 7.31. The predicted octanol–water partition coefficient (Wildman–Crippen LogP) is 3.42. The molecule has 0 bridgehead atoms. The summed E-state index contributed by atoms with van der Waals surface area (Å²) in [7, 11) is 0. The molecule has 1 atom stereocenters. The molecule has 28 heavy (non-hydrogen) atoms. The minimum Gasteiger partial charge on any atom is -0.479 e. The maximum atomic E-state index is 12.4. The van der Waals surface area contributed by atoms with Crippen LogP contribution in [-0.4, -0.2) is 47.9 Å². The molecule has 0 saturated carbocycles. The SMILES string of the molecule is O=C(N[C@@H](C(=O)O)N1CCCCC1)OCC1c2ccccc2-c2ccccc21. The van der Waals surface area contributed by atoms with Gasteiger partial charge in [0, 0.05) is 19.0 Å². The third-order valence-electron chi connectivity index (χ3n) is 5.59. The van der Waals surface area contributed by atoms with E-state index in [1.807, 2.05) is 24.3 Å². The third-order valence-corrected chi connectivity index (χ3v) is 5.59. The number of carboxylic acid groups (broad SMARTS) is 1. The number of amides is 1. The number of rotatable bonds is 5. The van der Waals surface area contributed by atoms with Crippen molar-refractivity contribution in [3.05, 3.63) is 59.7 Å². The van der Waals surface area contributed by atoms with Crippen LogP contribution in [0.25, 0.3) is 11.1 Å². The van der Waals surface area contributed by atoms with Crippen LogP contribution in [0.2, 0.25) is 0 Å². The van der Waals surface area contributed by atoms with Gasteiger partial charge in [-0.25, -0.2) is 9.59 Å². The van der Waals surface area contributed by atoms with Gasteiger partial charge in [0.25, 0.3) is 0 Å². The van der Waals surface area contributed by atoms with Crippen LogP contribution in [0.3, 0.4) is 0 Å². The molecular formula is C22H24N2O4. The lowest BCUT2D eigenvalue weighted by atomic mass is 9.98. The summed E-state index contributed by atoms with van der Waals surface area (Å²) in [5.74, 6) is -1.10. The van der Waals surface area contributed by atoms with E-state index in [2.05, 4.69) is 29.6 Å². The fraction of sp³-hybridized carbons (Fsp3) is 0.364. The van der Waals surface area contributed by atoms with Gasteiger partial charge in [0.1, 0.15) is 6.61 Å². The largest absolute Gasteiger partial charge is 0.479 e. The van der Waals surface area contributed by atoms with Crippen LogP contribution < -0.4 is 5.32 Å². The molecule has 0 radical (unpaired) electrons. The van der Waals surface area contributed by atoms with E-state index in [1.54, 1.807) is 4.90 Å². The van der Waals surface area contributed by atoms with Crippen molar-refractivity contribution in [1.82, 2.24) is 10.2 Å². The van der Waals surface area contributed by atoms with Crippen LogP contribution in [0.5, 0.6) is 0 Å². The number of fused-ring (bicyclic) bond motifs is 3. The van der Waals surface area contributed by atoms with Gasteiger partial charge in [-0.05, 0) is 35.1 Å². The number of carbonyl (C=O) groups excluding carboxylic acids is 1. The zero-order chi connectivity index (χ0) is 19.5. The first-order valence-corrected chi connectivity index (χ1v) is 9.73. The summed E-state index contributed by atoms with van der Waals surface area (Å²) >= 11 is 0. The van der Waals surface area contributed by atoms with Crippen LogP contribution >= 0.6 is 0 Å². The lowest BCUT2D eigenvalue weighted by molar-refractivity contribution is -0.144. The molecule has 2 N–H and O–H groups in total. The molecule has 146 valence electrons. The van der Waals surface area contributed by atoms with Crippen molar-refractivity contribution in [3.63, 3.8) is 0 Å². The van der Waals surface area contributed by atoms with E-state index in [-0.39, 0.29) is 12.5 Å². The lowest BCUT2D eigenvalue weighted by Gasteiger charge is -2.31. The van der Waals surface area contributed by atoms with Crippen LogP contribution in [0, 0.1) is 0 Å². The van der Waals surface area contributed by atoms with E-state index in [1.165, 1.54) is 0 Å². The highest BCUT2D eigenvalue weighted by Gasteiger charge is 2.31. The zero-order valence-corrected chi connectivity index (χ0v) is 15.6. The molecule has 1 aliphatic heterocycles. The molecule has 6 nitrogen and oxygen atoms in total. The summed E-state index contributed by atoms with van der Waals surface area (Å²) in [6.07, 6.45) is 1.23. The molecule has 6 heteroatoms. The van der Waals surface area contributed by atoms with Gasteiger partial charge >= 0.3 is 12.1 Å². The van der Waals surface area contributed by atoms with Crippen LogP contribution in [0.15, 0.2) is 48.5 Å². The smallest absolute Gasteiger partial charge is 0.408 e. The summed E-state index contributed by atoms with van der Waals surface area (Å²) in [5.41, 5.74) is 4.57. The molecule has 2 aromatic rings. The first-order valence-electron chi connectivity index (χ1n) is 9.73. The predicted molar refractivity (Wildman–Crippen MR) is 105 cm³/mol. The molecule has 1 fully saturated rings. The topological polar surface area (TPSA) is 78.9 Å². The first-order chi connectivity index (χ1) is 13.6. The molecule has 1 aliphatic carbocycles. The Hall–Kier alpha value is -2.86. The molecule has 0 aromatic heterocycles. The number of hydrogen-bond donors (Lipinski definition) is 2. The Kier molecular flexibility index (Phi) is 5.30. The number of carbonyl (C=O) groups is 2. The number of hydrogen-bond acceptors (Lipinski definition) is 4. The van der Waals surface area contributed by atoms with E-state index in [0.717, 1.165) is 41.5 Å². The number of alkyl carbamates (subject to hydrolysis) is 1. The fourth-order valence-corrected chi connectivity index (χ4v) is 4.24. The van der Waals surface area contributed by atoms with Gasteiger partial charge in [0.15, 0.2) is 6.17 Å². The summed E-state index contributed by atoms with van der Waals surface area (Å²) in [5, 5.41) is 12.0. The Morgan fingerprint density at radius 1 is 1.00 bits per heavy atom. The molecule has 4 rings (SSSR count). The Morgan fingerprint density at radius 3 is 2.14 bits per heavy atom. The van der Waals surface area contributed by atoms with E-state index in [0.29, 0.717) is 13.1 Å². The number of carboxylic acids is 1. The number of aliphatic carboxylic acids is 1. The van der Waals surface area contributed by atoms with Gasteiger partial charge < -0.3 is 9.84 Å². The monoisotopic (exact) mass is 380 g/mol. The number of ether oxygens (including phenoxy) is 1. The molecule has 1 saturated heterocycles. The number of benzene rings is 2. The van der Waals surface area contributed by atoms with Crippen molar-refractivity contribution in [3.8, 4) is 11.1 Å². The maximum Gasteiger partial charge on any atom is 0.408 e. The van der Waals surface area contributed by atoms with Gasteiger partial charge in [-0.15, -0.1) is 0 Å². The molecular weight excluding hydrogens is 356 g/mol. The Morgan fingerprint density at radius 2 is 1.57 bits per heavy atom. The van der Waals surface area contributed by atoms with Crippen molar-refractivity contribution in [1.29, 1.82) is 0 Å². The lowest BCUT2D eigenvalue weighted by Crippen LogP contribution is -2.54. The van der Waals surface area contributed by atoms with Crippen LogP contribution in [-0.2, 0) is 9.53 Å². The number of nitrogens with zero attached hydrogens (tertiary/aromatic N) is 1. The van der Waals surface area contributed by atoms with Gasteiger partial charge in [-0.1, -0.05) is 55.0 Å². The Labute approximate surface area is 164 Å². The van der Waals surface area contributed by atoms with E-state index < -0.39 is 18.2 Å². The van der Waals surface area contributed by atoms with Crippen molar-refractivity contribution in [2.75, 3.05) is 19.7 Å². The second-order valence-electron chi connectivity index (χ2n) is 7.31. The molecule has 2 aromatic carbocycles.